The number of benzene rings is 2. The molecule has 0 aliphatic carbocycles. The summed E-state index contributed by atoms with van der Waals surface area (Å²) in [5.74, 6) is 0.355. The van der Waals surface area contributed by atoms with Gasteiger partial charge in [0.05, 0.1) is 22.5 Å². The lowest BCUT2D eigenvalue weighted by Gasteiger charge is -2.07. The molecule has 0 amide bonds. The van der Waals surface area contributed by atoms with Crippen LogP contribution in [0.15, 0.2) is 42.5 Å². The lowest BCUT2D eigenvalue weighted by molar-refractivity contribution is -0.394. The molecule has 0 aliphatic heterocycles. The fourth-order valence-corrected chi connectivity index (χ4v) is 1.92. The van der Waals surface area contributed by atoms with Crippen molar-refractivity contribution in [2.45, 2.75) is 6.42 Å². The van der Waals surface area contributed by atoms with Gasteiger partial charge in [0, 0.05) is 13.2 Å². The van der Waals surface area contributed by atoms with Crippen molar-refractivity contribution in [3.05, 3.63) is 68.3 Å². The molecule has 2 aromatic rings. The Bertz CT molecular complexity index is 714. The monoisotopic (exact) mass is 318 g/mol. The van der Waals surface area contributed by atoms with Crippen LogP contribution >= 0.6 is 0 Å². The van der Waals surface area contributed by atoms with Crippen LogP contribution < -0.4 is 4.74 Å². The van der Waals surface area contributed by atoms with Gasteiger partial charge in [0.2, 0.25) is 5.75 Å². The molecule has 0 N–H and O–H groups in total. The van der Waals surface area contributed by atoms with Crippen LogP contribution in [-0.4, -0.2) is 23.6 Å². The average molecular weight is 318 g/mol. The molecular formula is C15H14N2O6. The first-order valence-corrected chi connectivity index (χ1v) is 6.70. The van der Waals surface area contributed by atoms with Crippen LogP contribution in [-0.2, 0) is 11.2 Å². The zero-order valence-corrected chi connectivity index (χ0v) is 12.3. The first-order chi connectivity index (χ1) is 11.0. The van der Waals surface area contributed by atoms with E-state index in [0.717, 1.165) is 24.1 Å². The molecule has 0 aromatic heterocycles. The minimum absolute atomic E-state index is 0.0507. The highest BCUT2D eigenvalue weighted by atomic mass is 16.6. The average Bonchev–Trinajstić information content (AvgIpc) is 2.54. The molecule has 0 aliphatic rings. The number of hydrogen-bond donors (Lipinski definition) is 0. The Labute approximate surface area is 131 Å². The first kappa shape index (κ1) is 16.4. The molecule has 0 bridgehead atoms. The van der Waals surface area contributed by atoms with E-state index in [4.69, 9.17) is 9.47 Å². The van der Waals surface area contributed by atoms with Crippen LogP contribution in [0.25, 0.3) is 0 Å². The Morgan fingerprint density at radius 1 is 1.00 bits per heavy atom. The molecule has 0 radical (unpaired) electrons. The standard InChI is InChI=1S/C15H14N2O6/c1-22-9-8-11-2-5-13(6-3-11)23-15-7-4-12(16(18)19)10-14(15)17(20)21/h2-7,10H,8-9H2,1H3. The molecule has 0 saturated carbocycles. The van der Waals surface area contributed by atoms with Gasteiger partial charge < -0.3 is 9.47 Å². The van der Waals surface area contributed by atoms with Crippen LogP contribution in [0.4, 0.5) is 11.4 Å². The summed E-state index contributed by atoms with van der Waals surface area (Å²) in [4.78, 5) is 20.3. The van der Waals surface area contributed by atoms with Crippen LogP contribution in [0.3, 0.4) is 0 Å². The van der Waals surface area contributed by atoms with Crippen LogP contribution in [0.5, 0.6) is 11.5 Å². The van der Waals surface area contributed by atoms with Crippen molar-refractivity contribution in [1.82, 2.24) is 0 Å². The number of nitrogens with zero attached hydrogens (tertiary/aromatic N) is 2. The van der Waals surface area contributed by atoms with Crippen LogP contribution in [0, 0.1) is 20.2 Å². The quantitative estimate of drug-likeness (QED) is 0.571. The van der Waals surface area contributed by atoms with Crippen molar-refractivity contribution < 1.29 is 19.3 Å². The van der Waals surface area contributed by atoms with E-state index < -0.39 is 15.5 Å². The van der Waals surface area contributed by atoms with E-state index in [1.165, 1.54) is 6.07 Å². The maximum atomic E-state index is 11.0. The molecule has 0 heterocycles. The highest BCUT2D eigenvalue weighted by molar-refractivity contribution is 5.54. The summed E-state index contributed by atoms with van der Waals surface area (Å²) in [6.07, 6.45) is 0.745. The van der Waals surface area contributed by atoms with Gasteiger partial charge in [-0.05, 0) is 30.2 Å². The lowest BCUT2D eigenvalue weighted by atomic mass is 10.1. The maximum Gasteiger partial charge on any atom is 0.318 e. The molecule has 0 spiro atoms. The number of methoxy groups -OCH3 is 1. The van der Waals surface area contributed by atoms with E-state index >= 15 is 0 Å². The summed E-state index contributed by atoms with van der Waals surface area (Å²) in [5, 5.41) is 21.7. The van der Waals surface area contributed by atoms with E-state index in [1.54, 1.807) is 19.2 Å². The van der Waals surface area contributed by atoms with Crippen molar-refractivity contribution in [2.75, 3.05) is 13.7 Å². The third-order valence-electron chi connectivity index (χ3n) is 3.10. The lowest BCUT2D eigenvalue weighted by Crippen LogP contribution is -1.97. The van der Waals surface area contributed by atoms with E-state index in [0.29, 0.717) is 12.4 Å². The highest BCUT2D eigenvalue weighted by Gasteiger charge is 2.21. The number of nitro groups is 2. The second-order valence-electron chi connectivity index (χ2n) is 4.66. The molecule has 2 rings (SSSR count). The molecule has 8 heteroatoms. The van der Waals surface area contributed by atoms with E-state index in [9.17, 15) is 20.2 Å². The van der Waals surface area contributed by atoms with Gasteiger partial charge in [-0.2, -0.15) is 0 Å². The molecule has 0 unspecified atom stereocenters. The SMILES string of the molecule is COCCc1ccc(Oc2ccc([N+](=O)[O-])cc2[N+](=O)[O-])cc1. The van der Waals surface area contributed by atoms with E-state index in [1.807, 2.05) is 12.1 Å². The third-order valence-corrected chi connectivity index (χ3v) is 3.10. The van der Waals surface area contributed by atoms with Gasteiger partial charge in [-0.25, -0.2) is 0 Å². The van der Waals surface area contributed by atoms with Crippen molar-refractivity contribution in [3.8, 4) is 11.5 Å². The van der Waals surface area contributed by atoms with Gasteiger partial charge in [-0.3, -0.25) is 20.2 Å². The fourth-order valence-electron chi connectivity index (χ4n) is 1.92. The second kappa shape index (κ2) is 7.32. The second-order valence-corrected chi connectivity index (χ2v) is 4.66. The van der Waals surface area contributed by atoms with Gasteiger partial charge in [0.1, 0.15) is 5.75 Å². The van der Waals surface area contributed by atoms with Crippen molar-refractivity contribution in [3.63, 3.8) is 0 Å². The van der Waals surface area contributed by atoms with Crippen LogP contribution in [0.1, 0.15) is 5.56 Å². The summed E-state index contributed by atoms with van der Waals surface area (Å²) < 4.78 is 10.5. The molecule has 120 valence electrons. The largest absolute Gasteiger partial charge is 0.450 e. The predicted molar refractivity (Wildman–Crippen MR) is 81.8 cm³/mol. The highest BCUT2D eigenvalue weighted by Crippen LogP contribution is 2.34. The summed E-state index contributed by atoms with van der Waals surface area (Å²) in [7, 11) is 1.62. The number of non-ortho nitro benzene ring substituents is 1. The number of ether oxygens (including phenoxy) is 2. The first-order valence-electron chi connectivity index (χ1n) is 6.70. The summed E-state index contributed by atoms with van der Waals surface area (Å²) in [6.45, 7) is 0.591. The normalized spacial score (nSPS) is 10.3. The third kappa shape index (κ3) is 4.24. The molecule has 0 atom stereocenters. The van der Waals surface area contributed by atoms with Gasteiger partial charge in [-0.15, -0.1) is 0 Å². The summed E-state index contributed by atoms with van der Waals surface area (Å²) in [5.41, 5.74) is 0.221. The minimum Gasteiger partial charge on any atom is -0.450 e. The molecule has 2 aromatic carbocycles. The van der Waals surface area contributed by atoms with Gasteiger partial charge >= 0.3 is 5.69 Å². The predicted octanol–water partition coefficient (Wildman–Crippen LogP) is 3.48. The fraction of sp³-hybridized carbons (Fsp3) is 0.200. The topological polar surface area (TPSA) is 105 Å². The van der Waals surface area contributed by atoms with Gasteiger partial charge in [0.25, 0.3) is 5.69 Å². The van der Waals surface area contributed by atoms with Crippen molar-refractivity contribution in [2.24, 2.45) is 0 Å². The smallest absolute Gasteiger partial charge is 0.318 e. The zero-order chi connectivity index (χ0) is 16.8. The zero-order valence-electron chi connectivity index (χ0n) is 12.3. The Kier molecular flexibility index (Phi) is 5.21. The molecule has 0 saturated heterocycles. The minimum atomic E-state index is -0.713. The van der Waals surface area contributed by atoms with E-state index in [-0.39, 0.29) is 11.4 Å². The Balaban J connectivity index is 2.22. The Morgan fingerprint density at radius 2 is 1.70 bits per heavy atom. The Hall–Kier alpha value is -3.00. The number of hydrogen-bond acceptors (Lipinski definition) is 6. The van der Waals surface area contributed by atoms with Gasteiger partial charge in [0.15, 0.2) is 0 Å². The molecule has 8 nitrogen and oxygen atoms in total. The molecule has 0 fully saturated rings. The summed E-state index contributed by atoms with van der Waals surface area (Å²) in [6, 6.07) is 10.3. The van der Waals surface area contributed by atoms with E-state index in [2.05, 4.69) is 0 Å². The maximum absolute atomic E-state index is 11.0. The Morgan fingerprint density at radius 3 is 2.26 bits per heavy atom. The summed E-state index contributed by atoms with van der Waals surface area (Å²) >= 11 is 0. The molecular weight excluding hydrogens is 304 g/mol. The molecule has 23 heavy (non-hydrogen) atoms. The van der Waals surface area contributed by atoms with Crippen molar-refractivity contribution >= 4 is 11.4 Å². The number of nitro benzene ring substituents is 2. The van der Waals surface area contributed by atoms with Gasteiger partial charge in [-0.1, -0.05) is 12.1 Å². The van der Waals surface area contributed by atoms with Crippen LogP contribution in [0.2, 0.25) is 0 Å². The van der Waals surface area contributed by atoms with Crippen molar-refractivity contribution in [1.29, 1.82) is 0 Å². The number of rotatable bonds is 7.